The van der Waals surface area contributed by atoms with Gasteiger partial charge in [0.05, 0.1) is 0 Å². The van der Waals surface area contributed by atoms with Gasteiger partial charge in [0.1, 0.15) is 0 Å². The van der Waals surface area contributed by atoms with E-state index in [1.54, 1.807) is 0 Å². The van der Waals surface area contributed by atoms with Gasteiger partial charge in [-0.1, -0.05) is 32.4 Å². The highest BCUT2D eigenvalue weighted by Gasteiger charge is 2.16. The Labute approximate surface area is 80.5 Å². The fraction of sp³-hybridized carbons (Fsp3) is 0.583. The number of Topliss-reactive ketones (excluding diaryl/α,β-unsaturated/α-hetero) is 1. The van der Waals surface area contributed by atoms with E-state index in [1.165, 1.54) is 5.57 Å². The van der Waals surface area contributed by atoms with Gasteiger partial charge in [0, 0.05) is 6.42 Å². The lowest BCUT2D eigenvalue weighted by Gasteiger charge is -2.00. The van der Waals surface area contributed by atoms with E-state index in [9.17, 15) is 4.79 Å². The normalized spacial score (nSPS) is 20.4. The Morgan fingerprint density at radius 3 is 2.62 bits per heavy atom. The van der Waals surface area contributed by atoms with E-state index in [-0.39, 0.29) is 0 Å². The highest BCUT2D eigenvalue weighted by molar-refractivity contribution is 5.98. The highest BCUT2D eigenvalue weighted by atomic mass is 16.1. The first-order valence-electron chi connectivity index (χ1n) is 5.06. The average Bonchev–Trinajstić information content (AvgIpc) is 2.44. The highest BCUT2D eigenvalue weighted by Crippen LogP contribution is 2.23. The molecule has 0 N–H and O–H groups in total. The third-order valence-corrected chi connectivity index (χ3v) is 2.79. The first kappa shape index (κ1) is 10.2. The quantitative estimate of drug-likeness (QED) is 0.648. The largest absolute Gasteiger partial charge is 0.295 e. The summed E-state index contributed by atoms with van der Waals surface area (Å²) in [6.45, 7) is 6.31. The van der Waals surface area contributed by atoms with Crippen molar-refractivity contribution in [2.45, 2.75) is 40.0 Å². The molecule has 1 unspecified atom stereocenters. The van der Waals surface area contributed by atoms with Crippen LogP contribution in [-0.4, -0.2) is 5.78 Å². The fourth-order valence-corrected chi connectivity index (χ4v) is 1.43. The number of carbonyl (C=O) groups is 1. The maximum absolute atomic E-state index is 11.2. The molecule has 0 amide bonds. The van der Waals surface area contributed by atoms with Crippen molar-refractivity contribution < 1.29 is 4.79 Å². The minimum Gasteiger partial charge on any atom is -0.295 e. The van der Waals surface area contributed by atoms with E-state index >= 15 is 0 Å². The van der Waals surface area contributed by atoms with Crippen molar-refractivity contribution in [1.29, 1.82) is 0 Å². The molecule has 0 aromatic rings. The lowest BCUT2D eigenvalue weighted by Crippen LogP contribution is -1.90. The summed E-state index contributed by atoms with van der Waals surface area (Å²) < 4.78 is 0. The predicted molar refractivity (Wildman–Crippen MR) is 55.5 cm³/mol. The smallest absolute Gasteiger partial charge is 0.159 e. The summed E-state index contributed by atoms with van der Waals surface area (Å²) >= 11 is 0. The average molecular weight is 178 g/mol. The van der Waals surface area contributed by atoms with E-state index in [0.29, 0.717) is 18.1 Å². The summed E-state index contributed by atoms with van der Waals surface area (Å²) in [5.41, 5.74) is 2.21. The summed E-state index contributed by atoms with van der Waals surface area (Å²) in [5.74, 6) is 0.944. The Hall–Kier alpha value is -0.850. The molecule has 72 valence electrons. The number of hydrogen-bond acceptors (Lipinski definition) is 1. The molecule has 0 saturated carbocycles. The van der Waals surface area contributed by atoms with Crippen LogP contribution in [0.4, 0.5) is 0 Å². The Balaban J connectivity index is 2.64. The summed E-state index contributed by atoms with van der Waals surface area (Å²) in [5, 5.41) is 0. The number of hydrogen-bond donors (Lipinski definition) is 0. The van der Waals surface area contributed by atoms with Gasteiger partial charge in [0.25, 0.3) is 0 Å². The second-order valence-electron chi connectivity index (χ2n) is 3.82. The molecule has 0 bridgehead atoms. The van der Waals surface area contributed by atoms with Crippen molar-refractivity contribution in [3.63, 3.8) is 0 Å². The molecule has 0 aliphatic heterocycles. The predicted octanol–water partition coefficient (Wildman–Crippen LogP) is 3.27. The molecular formula is C12H18O. The Morgan fingerprint density at radius 1 is 1.46 bits per heavy atom. The zero-order valence-electron chi connectivity index (χ0n) is 8.76. The van der Waals surface area contributed by atoms with Crippen LogP contribution in [0, 0.1) is 5.92 Å². The Bertz CT molecular complexity index is 258. The number of allylic oxidation sites excluding steroid dienone is 4. The molecule has 0 heterocycles. The van der Waals surface area contributed by atoms with Gasteiger partial charge in [0.15, 0.2) is 5.78 Å². The standard InChI is InChI=1S/C12H18O/c1-4-9(2)5-6-11-7-8-12(13)10(11)3/h5-6,9H,4,7-8H2,1-3H3/b6-5+. The first-order valence-corrected chi connectivity index (χ1v) is 5.06. The molecule has 1 atom stereocenters. The second-order valence-corrected chi connectivity index (χ2v) is 3.82. The third kappa shape index (κ3) is 2.55. The van der Waals surface area contributed by atoms with Crippen LogP contribution in [0.1, 0.15) is 40.0 Å². The van der Waals surface area contributed by atoms with Gasteiger partial charge in [-0.3, -0.25) is 4.79 Å². The van der Waals surface area contributed by atoms with Crippen molar-refractivity contribution in [3.8, 4) is 0 Å². The van der Waals surface area contributed by atoms with Crippen molar-refractivity contribution in [2.75, 3.05) is 0 Å². The van der Waals surface area contributed by atoms with Crippen LogP contribution < -0.4 is 0 Å². The first-order chi connectivity index (χ1) is 6.15. The molecule has 1 nitrogen and oxygen atoms in total. The Morgan fingerprint density at radius 2 is 2.15 bits per heavy atom. The maximum Gasteiger partial charge on any atom is 0.159 e. The van der Waals surface area contributed by atoms with E-state index < -0.39 is 0 Å². The van der Waals surface area contributed by atoms with Gasteiger partial charge >= 0.3 is 0 Å². The van der Waals surface area contributed by atoms with Crippen molar-refractivity contribution in [2.24, 2.45) is 5.92 Å². The Kier molecular flexibility index (Phi) is 3.47. The van der Waals surface area contributed by atoms with Crippen molar-refractivity contribution in [1.82, 2.24) is 0 Å². The minimum absolute atomic E-state index is 0.323. The summed E-state index contributed by atoms with van der Waals surface area (Å²) in [4.78, 5) is 11.2. The SMILES string of the molecule is CCC(C)/C=C/C1=C(C)C(=O)CC1. The molecule has 0 spiro atoms. The maximum atomic E-state index is 11.2. The molecular weight excluding hydrogens is 160 g/mol. The molecule has 0 aromatic heterocycles. The zero-order valence-corrected chi connectivity index (χ0v) is 8.76. The topological polar surface area (TPSA) is 17.1 Å². The number of ketones is 1. The molecule has 0 aromatic carbocycles. The van der Waals surface area contributed by atoms with Crippen LogP contribution in [0.3, 0.4) is 0 Å². The van der Waals surface area contributed by atoms with Crippen molar-refractivity contribution in [3.05, 3.63) is 23.3 Å². The van der Waals surface area contributed by atoms with Crippen molar-refractivity contribution >= 4 is 5.78 Å². The summed E-state index contributed by atoms with van der Waals surface area (Å²) in [6.07, 6.45) is 7.16. The summed E-state index contributed by atoms with van der Waals surface area (Å²) in [6, 6.07) is 0. The molecule has 1 aliphatic carbocycles. The molecule has 13 heavy (non-hydrogen) atoms. The monoisotopic (exact) mass is 178 g/mol. The zero-order chi connectivity index (χ0) is 9.84. The number of carbonyl (C=O) groups excluding carboxylic acids is 1. The van der Waals surface area contributed by atoms with Gasteiger partial charge in [-0.2, -0.15) is 0 Å². The van der Waals surface area contributed by atoms with Gasteiger partial charge in [-0.05, 0) is 30.4 Å². The molecule has 0 fully saturated rings. The van der Waals surface area contributed by atoms with Crippen LogP contribution in [0.5, 0.6) is 0 Å². The van der Waals surface area contributed by atoms with E-state index in [1.807, 2.05) is 6.92 Å². The van der Waals surface area contributed by atoms with Crippen LogP contribution >= 0.6 is 0 Å². The number of rotatable bonds is 3. The molecule has 1 aliphatic rings. The fourth-order valence-electron chi connectivity index (χ4n) is 1.43. The van der Waals surface area contributed by atoms with Crippen LogP contribution in [-0.2, 0) is 4.79 Å². The van der Waals surface area contributed by atoms with Gasteiger partial charge < -0.3 is 0 Å². The third-order valence-electron chi connectivity index (χ3n) is 2.79. The molecule has 0 saturated heterocycles. The summed E-state index contributed by atoms with van der Waals surface area (Å²) in [7, 11) is 0. The minimum atomic E-state index is 0.323. The van der Waals surface area contributed by atoms with E-state index in [0.717, 1.165) is 18.4 Å². The van der Waals surface area contributed by atoms with Gasteiger partial charge in [-0.25, -0.2) is 0 Å². The molecule has 1 rings (SSSR count). The lowest BCUT2D eigenvalue weighted by molar-refractivity contribution is -0.114. The van der Waals surface area contributed by atoms with Gasteiger partial charge in [-0.15, -0.1) is 0 Å². The second kappa shape index (κ2) is 4.40. The van der Waals surface area contributed by atoms with Crippen LogP contribution in [0.15, 0.2) is 23.3 Å². The molecule has 0 radical (unpaired) electrons. The lowest BCUT2D eigenvalue weighted by atomic mass is 10.1. The van der Waals surface area contributed by atoms with Crippen LogP contribution in [0.2, 0.25) is 0 Å². The van der Waals surface area contributed by atoms with Gasteiger partial charge in [0.2, 0.25) is 0 Å². The van der Waals surface area contributed by atoms with E-state index in [4.69, 9.17) is 0 Å². The van der Waals surface area contributed by atoms with Crippen LogP contribution in [0.25, 0.3) is 0 Å². The molecule has 1 heteroatoms. The van der Waals surface area contributed by atoms with E-state index in [2.05, 4.69) is 26.0 Å².